The standard InChI is InChI=1S/C31H42N4O9/c1-17(2)13-23(31(42)43-3)35-29(40)22(15-18-7-5-4-6-8-18)34-30(41)27-26(38)25(37)24(44-27)16-33-28(39)21(32)14-19-9-11-20(36)12-10-19/h4-12,17,21-27,36-38H,13-16,32H2,1-3H3,(H,33,39)(H,34,41)(H,35,40)/t21-,22-,23-,24-,25+,26-,27+/m0/s1. The zero-order valence-electron chi connectivity index (χ0n) is 25.0. The number of phenolic OH excluding ortho intramolecular Hbond substituents is 1. The number of benzene rings is 2. The maximum absolute atomic E-state index is 13.4. The highest BCUT2D eigenvalue weighted by Crippen LogP contribution is 2.22. The van der Waals surface area contributed by atoms with E-state index >= 15 is 0 Å². The van der Waals surface area contributed by atoms with Gasteiger partial charge in [0.2, 0.25) is 11.8 Å². The minimum absolute atomic E-state index is 0.0601. The number of methoxy groups -OCH3 is 1. The normalized spacial score (nSPS) is 21.6. The van der Waals surface area contributed by atoms with Crippen LogP contribution >= 0.6 is 0 Å². The molecule has 8 N–H and O–H groups in total. The molecule has 1 heterocycles. The van der Waals surface area contributed by atoms with Crippen molar-refractivity contribution in [2.75, 3.05) is 13.7 Å². The lowest BCUT2D eigenvalue weighted by Crippen LogP contribution is -2.55. The topological polar surface area (TPSA) is 210 Å². The fourth-order valence-electron chi connectivity index (χ4n) is 4.86. The number of carbonyl (C=O) groups is 4. The number of phenols is 1. The number of rotatable bonds is 14. The first-order valence-electron chi connectivity index (χ1n) is 14.4. The molecular formula is C31H42N4O9. The minimum Gasteiger partial charge on any atom is -0.508 e. The number of hydrogen-bond donors (Lipinski definition) is 7. The molecule has 0 aliphatic carbocycles. The molecule has 13 heteroatoms. The molecule has 0 radical (unpaired) electrons. The van der Waals surface area contributed by atoms with Crippen molar-refractivity contribution in [2.45, 2.75) is 75.7 Å². The summed E-state index contributed by atoms with van der Waals surface area (Å²) >= 11 is 0. The number of amides is 3. The van der Waals surface area contributed by atoms with E-state index in [1.165, 1.54) is 19.2 Å². The highest BCUT2D eigenvalue weighted by molar-refractivity contribution is 5.92. The van der Waals surface area contributed by atoms with Crippen molar-refractivity contribution >= 4 is 23.7 Å². The molecule has 44 heavy (non-hydrogen) atoms. The Labute approximate surface area is 256 Å². The van der Waals surface area contributed by atoms with Crippen LogP contribution in [0.15, 0.2) is 54.6 Å². The van der Waals surface area contributed by atoms with Crippen LogP contribution in [-0.2, 0) is 41.5 Å². The van der Waals surface area contributed by atoms with Crippen molar-refractivity contribution in [3.05, 3.63) is 65.7 Å². The van der Waals surface area contributed by atoms with Crippen LogP contribution in [0.1, 0.15) is 31.4 Å². The highest BCUT2D eigenvalue weighted by Gasteiger charge is 2.47. The fraction of sp³-hybridized carbons (Fsp3) is 0.484. The molecule has 13 nitrogen and oxygen atoms in total. The molecule has 0 bridgehead atoms. The third-order valence-electron chi connectivity index (χ3n) is 7.25. The number of nitrogens with two attached hydrogens (primary N) is 1. The number of esters is 1. The van der Waals surface area contributed by atoms with Crippen molar-refractivity contribution in [1.29, 1.82) is 0 Å². The van der Waals surface area contributed by atoms with Gasteiger partial charge < -0.3 is 46.5 Å². The Bertz CT molecular complexity index is 1260. The molecule has 240 valence electrons. The molecule has 3 rings (SSSR count). The maximum Gasteiger partial charge on any atom is 0.328 e. The third kappa shape index (κ3) is 9.74. The minimum atomic E-state index is -1.65. The SMILES string of the molecule is COC(=O)[C@H](CC(C)C)NC(=O)[C@H](Cc1ccccc1)NC(=O)[C@@H]1O[C@@H](CNC(=O)[C@@H](N)Cc2ccc(O)cc2)[C@@H](O)[C@@H]1O. The van der Waals surface area contributed by atoms with Gasteiger partial charge in [0, 0.05) is 13.0 Å². The fourth-order valence-corrected chi connectivity index (χ4v) is 4.86. The summed E-state index contributed by atoms with van der Waals surface area (Å²) in [7, 11) is 1.22. The molecule has 0 saturated carbocycles. The number of aromatic hydroxyl groups is 1. The summed E-state index contributed by atoms with van der Waals surface area (Å²) in [6.07, 6.45) is -5.28. The predicted octanol–water partition coefficient (Wildman–Crippen LogP) is -0.701. The third-order valence-corrected chi connectivity index (χ3v) is 7.25. The molecule has 2 aromatic rings. The van der Waals surface area contributed by atoms with E-state index in [0.29, 0.717) is 6.42 Å². The Morgan fingerprint density at radius 2 is 1.52 bits per heavy atom. The summed E-state index contributed by atoms with van der Waals surface area (Å²) in [6.45, 7) is 3.53. The quantitative estimate of drug-likeness (QED) is 0.133. The largest absolute Gasteiger partial charge is 0.508 e. The van der Waals surface area contributed by atoms with E-state index in [2.05, 4.69) is 16.0 Å². The van der Waals surface area contributed by atoms with Gasteiger partial charge >= 0.3 is 5.97 Å². The number of aliphatic hydroxyl groups is 2. The number of ether oxygens (including phenoxy) is 2. The molecular weight excluding hydrogens is 572 g/mol. The van der Waals surface area contributed by atoms with Gasteiger partial charge in [-0.3, -0.25) is 14.4 Å². The van der Waals surface area contributed by atoms with Crippen LogP contribution in [-0.4, -0.2) is 95.2 Å². The molecule has 2 aromatic carbocycles. The van der Waals surface area contributed by atoms with Crippen LogP contribution in [0.3, 0.4) is 0 Å². The van der Waals surface area contributed by atoms with Crippen molar-refractivity contribution in [2.24, 2.45) is 11.7 Å². The first-order chi connectivity index (χ1) is 20.9. The van der Waals surface area contributed by atoms with Gasteiger partial charge in [-0.05, 0) is 42.0 Å². The lowest BCUT2D eigenvalue weighted by Gasteiger charge is -2.25. The number of carbonyl (C=O) groups excluding carboxylic acids is 4. The number of nitrogens with one attached hydrogen (secondary N) is 3. The zero-order chi connectivity index (χ0) is 32.4. The average molecular weight is 615 g/mol. The van der Waals surface area contributed by atoms with Crippen LogP contribution in [0.4, 0.5) is 0 Å². The Morgan fingerprint density at radius 1 is 0.886 bits per heavy atom. The highest BCUT2D eigenvalue weighted by atomic mass is 16.5. The second-order valence-corrected chi connectivity index (χ2v) is 11.3. The lowest BCUT2D eigenvalue weighted by atomic mass is 10.0. The average Bonchev–Trinajstić information content (AvgIpc) is 3.28. The molecule has 0 aromatic heterocycles. The van der Waals surface area contributed by atoms with Crippen molar-refractivity contribution in [3.63, 3.8) is 0 Å². The summed E-state index contributed by atoms with van der Waals surface area (Å²) in [5.74, 6) is -2.52. The van der Waals surface area contributed by atoms with Gasteiger partial charge in [-0.15, -0.1) is 0 Å². The molecule has 3 amide bonds. The smallest absolute Gasteiger partial charge is 0.328 e. The van der Waals surface area contributed by atoms with E-state index in [-0.39, 0.29) is 31.1 Å². The molecule has 1 aliphatic rings. The Balaban J connectivity index is 1.64. The molecule has 0 spiro atoms. The van der Waals surface area contributed by atoms with E-state index in [1.807, 2.05) is 13.8 Å². The first kappa shape index (κ1) is 34.5. The Hall–Kier alpha value is -4.04. The van der Waals surface area contributed by atoms with Crippen LogP contribution in [0.2, 0.25) is 0 Å². The summed E-state index contributed by atoms with van der Waals surface area (Å²) in [4.78, 5) is 51.5. The van der Waals surface area contributed by atoms with Gasteiger partial charge in [-0.2, -0.15) is 0 Å². The van der Waals surface area contributed by atoms with E-state index in [0.717, 1.165) is 11.1 Å². The molecule has 1 saturated heterocycles. The Morgan fingerprint density at radius 3 is 2.14 bits per heavy atom. The van der Waals surface area contributed by atoms with Crippen molar-refractivity contribution < 1.29 is 44.0 Å². The predicted molar refractivity (Wildman–Crippen MR) is 159 cm³/mol. The molecule has 1 aliphatic heterocycles. The van der Waals surface area contributed by atoms with Gasteiger partial charge in [0.15, 0.2) is 6.10 Å². The number of aliphatic hydroxyl groups excluding tert-OH is 2. The second kappa shape index (κ2) is 16.1. The first-order valence-corrected chi connectivity index (χ1v) is 14.4. The van der Waals surface area contributed by atoms with Crippen LogP contribution in [0.5, 0.6) is 5.75 Å². The monoisotopic (exact) mass is 614 g/mol. The second-order valence-electron chi connectivity index (χ2n) is 11.3. The van der Waals surface area contributed by atoms with E-state index in [4.69, 9.17) is 15.2 Å². The van der Waals surface area contributed by atoms with Gasteiger partial charge in [0.1, 0.15) is 36.1 Å². The van der Waals surface area contributed by atoms with Crippen molar-refractivity contribution in [3.8, 4) is 5.75 Å². The molecule has 7 atom stereocenters. The van der Waals surface area contributed by atoms with E-state index in [9.17, 15) is 34.5 Å². The van der Waals surface area contributed by atoms with E-state index < -0.39 is 66.2 Å². The Kier molecular flexibility index (Phi) is 12.6. The molecule has 1 fully saturated rings. The van der Waals surface area contributed by atoms with E-state index in [1.54, 1.807) is 42.5 Å². The summed E-state index contributed by atoms with van der Waals surface area (Å²) in [6, 6.07) is 12.1. The maximum atomic E-state index is 13.4. The number of hydrogen-bond acceptors (Lipinski definition) is 10. The summed E-state index contributed by atoms with van der Waals surface area (Å²) in [5.41, 5.74) is 7.44. The van der Waals surface area contributed by atoms with Gasteiger partial charge in [0.25, 0.3) is 5.91 Å². The lowest BCUT2D eigenvalue weighted by molar-refractivity contribution is -0.146. The van der Waals surface area contributed by atoms with Crippen LogP contribution < -0.4 is 21.7 Å². The van der Waals surface area contributed by atoms with Gasteiger partial charge in [0.05, 0.1) is 13.2 Å². The summed E-state index contributed by atoms with van der Waals surface area (Å²) in [5, 5.41) is 38.4. The van der Waals surface area contributed by atoms with Crippen molar-refractivity contribution in [1.82, 2.24) is 16.0 Å². The van der Waals surface area contributed by atoms with Crippen LogP contribution in [0, 0.1) is 5.92 Å². The summed E-state index contributed by atoms with van der Waals surface area (Å²) < 4.78 is 10.5. The van der Waals surface area contributed by atoms with Gasteiger partial charge in [-0.1, -0.05) is 56.3 Å². The van der Waals surface area contributed by atoms with Gasteiger partial charge in [-0.25, -0.2) is 4.79 Å². The molecule has 0 unspecified atom stereocenters. The van der Waals surface area contributed by atoms with Crippen LogP contribution in [0.25, 0.3) is 0 Å². The zero-order valence-corrected chi connectivity index (χ0v) is 25.0.